The maximum atomic E-state index is 12.5. The molecule has 1 aromatic heterocycles. The molecular weight excluding hydrogens is 380 g/mol. The van der Waals surface area contributed by atoms with Crippen LogP contribution in [0.4, 0.5) is 5.69 Å². The first-order valence-corrected chi connectivity index (χ1v) is 7.87. The summed E-state index contributed by atoms with van der Waals surface area (Å²) in [5.74, 6) is 0.562. The van der Waals surface area contributed by atoms with E-state index >= 15 is 0 Å². The number of halogens is 1. The Morgan fingerprint density at radius 1 is 1.11 bits per heavy atom. The van der Waals surface area contributed by atoms with Crippen LogP contribution in [0.2, 0.25) is 5.02 Å². The summed E-state index contributed by atoms with van der Waals surface area (Å²) in [6.07, 6.45) is 0. The fourth-order valence-corrected chi connectivity index (χ4v) is 2.77. The summed E-state index contributed by atoms with van der Waals surface area (Å²) < 4.78 is 21.1. The predicted molar refractivity (Wildman–Crippen MR) is 97.0 cm³/mol. The van der Waals surface area contributed by atoms with Gasteiger partial charge < -0.3 is 18.6 Å². The van der Waals surface area contributed by atoms with E-state index in [2.05, 4.69) is 4.98 Å². The van der Waals surface area contributed by atoms with Gasteiger partial charge in [0, 0.05) is 17.7 Å². The van der Waals surface area contributed by atoms with Crippen molar-refractivity contribution in [2.45, 2.75) is 0 Å². The molecule has 0 saturated carbocycles. The number of hydrogen-bond acceptors (Lipinski definition) is 8. The van der Waals surface area contributed by atoms with Gasteiger partial charge in [-0.2, -0.15) is 0 Å². The molecule has 0 saturated heterocycles. The van der Waals surface area contributed by atoms with Gasteiger partial charge in [-0.15, -0.1) is 0 Å². The lowest BCUT2D eigenvalue weighted by atomic mass is 10.1. The first kappa shape index (κ1) is 18.5. The molecule has 3 aromatic rings. The van der Waals surface area contributed by atoms with Gasteiger partial charge in [-0.05, 0) is 12.1 Å². The highest BCUT2D eigenvalue weighted by molar-refractivity contribution is 6.32. The van der Waals surface area contributed by atoms with Crippen LogP contribution in [0.1, 0.15) is 0 Å². The summed E-state index contributed by atoms with van der Waals surface area (Å²) in [5, 5.41) is 11.2. The Balaban J connectivity index is 2.33. The van der Waals surface area contributed by atoms with E-state index in [-0.39, 0.29) is 50.3 Å². The molecule has 9 nitrogen and oxygen atoms in total. The van der Waals surface area contributed by atoms with Crippen molar-refractivity contribution < 1.29 is 23.6 Å². The molecule has 0 aliphatic carbocycles. The van der Waals surface area contributed by atoms with Gasteiger partial charge in [0.15, 0.2) is 11.5 Å². The Morgan fingerprint density at radius 2 is 1.81 bits per heavy atom. The smallest absolute Gasteiger partial charge is 0.347 e. The maximum absolute atomic E-state index is 12.5. The second-order valence-corrected chi connectivity index (χ2v) is 5.68. The van der Waals surface area contributed by atoms with Crippen LogP contribution in [-0.2, 0) is 0 Å². The number of rotatable bonds is 5. The highest BCUT2D eigenvalue weighted by Crippen LogP contribution is 2.42. The van der Waals surface area contributed by atoms with Crippen molar-refractivity contribution in [2.24, 2.45) is 0 Å². The van der Waals surface area contributed by atoms with Crippen molar-refractivity contribution in [3.63, 3.8) is 0 Å². The van der Waals surface area contributed by atoms with Crippen molar-refractivity contribution in [3.05, 3.63) is 49.8 Å². The average Bonchev–Trinajstić information content (AvgIpc) is 2.66. The number of ether oxygens (including phenoxy) is 3. The molecule has 1 heterocycles. The van der Waals surface area contributed by atoms with E-state index in [1.165, 1.54) is 45.6 Å². The molecule has 2 aromatic carbocycles. The summed E-state index contributed by atoms with van der Waals surface area (Å²) in [7, 11) is 4.22. The zero-order chi connectivity index (χ0) is 19.7. The molecule has 0 bridgehead atoms. The van der Waals surface area contributed by atoms with Crippen LogP contribution < -0.4 is 19.8 Å². The van der Waals surface area contributed by atoms with E-state index in [0.717, 1.165) is 0 Å². The van der Waals surface area contributed by atoms with Crippen molar-refractivity contribution in [3.8, 4) is 28.7 Å². The quantitative estimate of drug-likeness (QED) is 0.479. The number of fused-ring (bicyclic) bond motifs is 1. The summed E-state index contributed by atoms with van der Waals surface area (Å²) in [6, 6.07) is 5.38. The average molecular weight is 393 g/mol. The fraction of sp³-hybridized carbons (Fsp3) is 0.176. The monoisotopic (exact) mass is 392 g/mol. The minimum absolute atomic E-state index is 0.0455. The topological polar surface area (TPSA) is 114 Å². The maximum Gasteiger partial charge on any atom is 0.347 e. The standard InChI is InChI=1S/C17H13ClN2O7/c1-24-12-7-9-13(15(26-3)14(12)25-2)19-16(27-17(9)21)8-4-5-10(18)11(6-8)20(22)23/h4-7H,1-3H3. The second kappa shape index (κ2) is 7.12. The van der Waals surface area contributed by atoms with E-state index in [0.29, 0.717) is 0 Å². The molecule has 0 atom stereocenters. The van der Waals surface area contributed by atoms with E-state index in [9.17, 15) is 14.9 Å². The highest BCUT2D eigenvalue weighted by atomic mass is 35.5. The van der Waals surface area contributed by atoms with Gasteiger partial charge in [0.2, 0.25) is 11.6 Å². The van der Waals surface area contributed by atoms with Crippen LogP contribution in [0, 0.1) is 10.1 Å². The predicted octanol–water partition coefficient (Wildman–Crippen LogP) is 3.44. The van der Waals surface area contributed by atoms with Crippen LogP contribution in [0.5, 0.6) is 17.2 Å². The molecule has 140 valence electrons. The molecule has 0 aliphatic heterocycles. The number of methoxy groups -OCH3 is 3. The lowest BCUT2D eigenvalue weighted by Gasteiger charge is -2.14. The third kappa shape index (κ3) is 3.13. The molecule has 0 amide bonds. The Labute approximate surface area is 157 Å². The van der Waals surface area contributed by atoms with E-state index < -0.39 is 10.5 Å². The summed E-state index contributed by atoms with van der Waals surface area (Å²) >= 11 is 5.82. The number of nitrogens with zero attached hydrogens (tertiary/aromatic N) is 2. The van der Waals surface area contributed by atoms with Gasteiger partial charge >= 0.3 is 5.63 Å². The molecule has 0 N–H and O–H groups in total. The lowest BCUT2D eigenvalue weighted by Crippen LogP contribution is -2.06. The first-order chi connectivity index (χ1) is 12.9. The van der Waals surface area contributed by atoms with E-state index in [4.69, 9.17) is 30.2 Å². The number of nitro benzene ring substituents is 1. The van der Waals surface area contributed by atoms with E-state index in [1.54, 1.807) is 0 Å². The molecule has 0 aliphatic rings. The molecule has 10 heteroatoms. The number of nitro groups is 1. The summed E-state index contributed by atoms with van der Waals surface area (Å²) in [4.78, 5) is 27.2. The van der Waals surface area contributed by atoms with Crippen LogP contribution in [0.3, 0.4) is 0 Å². The Bertz CT molecular complexity index is 1110. The van der Waals surface area contributed by atoms with Gasteiger partial charge in [-0.1, -0.05) is 11.6 Å². The van der Waals surface area contributed by atoms with Crippen LogP contribution in [0.25, 0.3) is 22.4 Å². The molecule has 27 heavy (non-hydrogen) atoms. The molecule has 0 radical (unpaired) electrons. The van der Waals surface area contributed by atoms with E-state index in [1.807, 2.05) is 0 Å². The lowest BCUT2D eigenvalue weighted by molar-refractivity contribution is -0.384. The Morgan fingerprint density at radius 3 is 2.41 bits per heavy atom. The van der Waals surface area contributed by atoms with Gasteiger partial charge in [-0.25, -0.2) is 9.78 Å². The van der Waals surface area contributed by atoms with Crippen molar-refractivity contribution in [2.75, 3.05) is 21.3 Å². The zero-order valence-electron chi connectivity index (χ0n) is 14.4. The fourth-order valence-electron chi connectivity index (χ4n) is 2.58. The number of hydrogen-bond donors (Lipinski definition) is 0. The van der Waals surface area contributed by atoms with Crippen LogP contribution in [-0.4, -0.2) is 31.2 Å². The van der Waals surface area contributed by atoms with Gasteiger partial charge in [0.1, 0.15) is 10.5 Å². The molecular formula is C17H13ClN2O7. The number of aromatic nitrogens is 1. The Hall–Kier alpha value is -3.33. The third-order valence-electron chi connectivity index (χ3n) is 3.82. The summed E-state index contributed by atoms with van der Waals surface area (Å²) in [5.41, 5.74) is -0.675. The van der Waals surface area contributed by atoms with Gasteiger partial charge in [0.05, 0.1) is 31.6 Å². The highest BCUT2D eigenvalue weighted by Gasteiger charge is 2.22. The van der Waals surface area contributed by atoms with Crippen molar-refractivity contribution >= 4 is 28.2 Å². The van der Waals surface area contributed by atoms with Crippen molar-refractivity contribution in [1.29, 1.82) is 0 Å². The van der Waals surface area contributed by atoms with Gasteiger partial charge in [-0.3, -0.25) is 10.1 Å². The second-order valence-electron chi connectivity index (χ2n) is 5.27. The zero-order valence-corrected chi connectivity index (χ0v) is 15.2. The molecule has 0 spiro atoms. The molecule has 0 unspecified atom stereocenters. The van der Waals surface area contributed by atoms with Crippen LogP contribution in [0.15, 0.2) is 33.5 Å². The largest absolute Gasteiger partial charge is 0.493 e. The minimum atomic E-state index is -0.716. The molecule has 3 rings (SSSR count). The number of benzene rings is 2. The SMILES string of the molecule is COc1cc2c(=O)oc(-c3ccc(Cl)c([N+](=O)[O-])c3)nc2c(OC)c1OC. The van der Waals surface area contributed by atoms with Gasteiger partial charge in [0.25, 0.3) is 5.69 Å². The van der Waals surface area contributed by atoms with Crippen LogP contribution >= 0.6 is 11.6 Å². The summed E-state index contributed by atoms with van der Waals surface area (Å²) in [6.45, 7) is 0. The Kier molecular flexibility index (Phi) is 4.87. The first-order valence-electron chi connectivity index (χ1n) is 7.49. The molecule has 0 fully saturated rings. The van der Waals surface area contributed by atoms with Crippen molar-refractivity contribution in [1.82, 2.24) is 4.98 Å². The third-order valence-corrected chi connectivity index (χ3v) is 4.14. The normalized spacial score (nSPS) is 10.7. The minimum Gasteiger partial charge on any atom is -0.493 e.